The van der Waals surface area contributed by atoms with Crippen LogP contribution in [0.2, 0.25) is 0 Å². The Bertz CT molecular complexity index is 1030. The van der Waals surface area contributed by atoms with Gasteiger partial charge in [0.25, 0.3) is 5.91 Å². The van der Waals surface area contributed by atoms with E-state index in [-0.39, 0.29) is 5.91 Å². The number of carbonyl (C=O) groups is 1. The van der Waals surface area contributed by atoms with Gasteiger partial charge in [0, 0.05) is 5.69 Å². The largest absolute Gasteiger partial charge is 0.457 e. The molecule has 0 saturated heterocycles. The number of carbonyl (C=O) groups excluding carboxylic acids is 1. The molecule has 1 N–H and O–H groups in total. The van der Waals surface area contributed by atoms with E-state index in [9.17, 15) is 4.79 Å². The first kappa shape index (κ1) is 16.5. The van der Waals surface area contributed by atoms with E-state index in [4.69, 9.17) is 4.74 Å². The van der Waals surface area contributed by atoms with Gasteiger partial charge in [-0.1, -0.05) is 30.3 Å². The average molecular weight is 357 g/mol. The maximum absolute atomic E-state index is 12.7. The standard InChI is InChI=1S/C20H15N5O2/c26-20(18-8-4-5-9-19(18)25-14-21-23-24-25)22-15-10-12-17(13-11-15)27-16-6-2-1-3-7-16/h1-14H,(H,22,26). The van der Waals surface area contributed by atoms with Crippen LogP contribution in [0.1, 0.15) is 10.4 Å². The number of benzene rings is 3. The normalized spacial score (nSPS) is 10.4. The number of ether oxygens (including phenoxy) is 1. The van der Waals surface area contributed by atoms with E-state index >= 15 is 0 Å². The van der Waals surface area contributed by atoms with Crippen LogP contribution in [0.4, 0.5) is 5.69 Å². The molecule has 0 aliphatic carbocycles. The van der Waals surface area contributed by atoms with Gasteiger partial charge >= 0.3 is 0 Å². The zero-order valence-corrected chi connectivity index (χ0v) is 14.2. The minimum Gasteiger partial charge on any atom is -0.457 e. The molecule has 1 aromatic heterocycles. The van der Waals surface area contributed by atoms with Gasteiger partial charge in [-0.05, 0) is 59.0 Å². The van der Waals surface area contributed by atoms with Gasteiger partial charge in [0.2, 0.25) is 0 Å². The Kier molecular flexibility index (Phi) is 4.57. The van der Waals surface area contributed by atoms with Crippen molar-refractivity contribution in [1.82, 2.24) is 20.2 Å². The van der Waals surface area contributed by atoms with Gasteiger partial charge in [-0.25, -0.2) is 0 Å². The van der Waals surface area contributed by atoms with E-state index in [1.807, 2.05) is 36.4 Å². The summed E-state index contributed by atoms with van der Waals surface area (Å²) in [6.45, 7) is 0. The van der Waals surface area contributed by atoms with Crippen molar-refractivity contribution in [3.05, 3.63) is 90.8 Å². The van der Waals surface area contributed by atoms with Crippen LogP contribution in [0.3, 0.4) is 0 Å². The second kappa shape index (κ2) is 7.49. The first-order chi connectivity index (χ1) is 13.3. The smallest absolute Gasteiger partial charge is 0.257 e. The van der Waals surface area contributed by atoms with Crippen molar-refractivity contribution in [2.75, 3.05) is 5.32 Å². The Hall–Kier alpha value is -4.00. The van der Waals surface area contributed by atoms with Gasteiger partial charge in [-0.15, -0.1) is 5.10 Å². The van der Waals surface area contributed by atoms with Crippen LogP contribution in [-0.2, 0) is 0 Å². The maximum atomic E-state index is 12.7. The number of hydrogen-bond acceptors (Lipinski definition) is 5. The van der Waals surface area contributed by atoms with Crippen LogP contribution in [0, 0.1) is 0 Å². The molecule has 0 saturated carbocycles. The second-order valence-corrected chi connectivity index (χ2v) is 5.67. The number of anilines is 1. The number of nitrogens with zero attached hydrogens (tertiary/aromatic N) is 4. The van der Waals surface area contributed by atoms with Crippen molar-refractivity contribution in [2.24, 2.45) is 0 Å². The third-order valence-corrected chi connectivity index (χ3v) is 3.84. The van der Waals surface area contributed by atoms with E-state index in [0.29, 0.717) is 22.7 Å². The van der Waals surface area contributed by atoms with Crippen LogP contribution < -0.4 is 10.1 Å². The number of aromatic nitrogens is 4. The van der Waals surface area contributed by atoms with Crippen LogP contribution in [0.25, 0.3) is 5.69 Å². The Balaban J connectivity index is 1.49. The lowest BCUT2D eigenvalue weighted by molar-refractivity contribution is 0.102. The number of tetrazole rings is 1. The molecule has 3 aromatic carbocycles. The summed E-state index contributed by atoms with van der Waals surface area (Å²) in [6.07, 6.45) is 1.45. The molecule has 1 heterocycles. The molecule has 0 bridgehead atoms. The van der Waals surface area contributed by atoms with E-state index in [0.717, 1.165) is 5.75 Å². The summed E-state index contributed by atoms with van der Waals surface area (Å²) in [5, 5.41) is 14.0. The molecule has 0 radical (unpaired) electrons. The van der Waals surface area contributed by atoms with Gasteiger partial charge in [0.05, 0.1) is 11.3 Å². The maximum Gasteiger partial charge on any atom is 0.257 e. The summed E-state index contributed by atoms with van der Waals surface area (Å²) in [5.74, 6) is 1.19. The molecular weight excluding hydrogens is 342 g/mol. The lowest BCUT2D eigenvalue weighted by Gasteiger charge is -2.10. The molecule has 4 aromatic rings. The predicted molar refractivity (Wildman–Crippen MR) is 100 cm³/mol. The summed E-state index contributed by atoms with van der Waals surface area (Å²) in [4.78, 5) is 12.7. The third-order valence-electron chi connectivity index (χ3n) is 3.84. The number of para-hydroxylation sites is 2. The molecule has 7 nitrogen and oxygen atoms in total. The summed E-state index contributed by atoms with van der Waals surface area (Å²) >= 11 is 0. The molecular formula is C20H15N5O2. The predicted octanol–water partition coefficient (Wildman–Crippen LogP) is 3.71. The van der Waals surface area contributed by atoms with Gasteiger partial charge in [0.15, 0.2) is 0 Å². The summed E-state index contributed by atoms with van der Waals surface area (Å²) in [6, 6.07) is 23.8. The second-order valence-electron chi connectivity index (χ2n) is 5.67. The Labute approximate surface area is 155 Å². The molecule has 0 aliphatic rings. The topological polar surface area (TPSA) is 81.9 Å². The highest BCUT2D eigenvalue weighted by molar-refractivity contribution is 6.06. The molecule has 0 unspecified atom stereocenters. The fraction of sp³-hybridized carbons (Fsp3) is 0. The van der Waals surface area contributed by atoms with Gasteiger partial charge in [-0.2, -0.15) is 4.68 Å². The number of hydrogen-bond donors (Lipinski definition) is 1. The average Bonchev–Trinajstić information content (AvgIpc) is 3.25. The van der Waals surface area contributed by atoms with Crippen molar-refractivity contribution in [3.63, 3.8) is 0 Å². The van der Waals surface area contributed by atoms with Crippen molar-refractivity contribution in [1.29, 1.82) is 0 Å². The SMILES string of the molecule is O=C(Nc1ccc(Oc2ccccc2)cc1)c1ccccc1-n1cnnn1. The number of nitrogens with one attached hydrogen (secondary N) is 1. The van der Waals surface area contributed by atoms with Crippen LogP contribution in [-0.4, -0.2) is 26.1 Å². The molecule has 4 rings (SSSR count). The van der Waals surface area contributed by atoms with Gasteiger partial charge in [0.1, 0.15) is 17.8 Å². The molecule has 0 spiro atoms. The van der Waals surface area contributed by atoms with Crippen LogP contribution in [0.5, 0.6) is 11.5 Å². The van der Waals surface area contributed by atoms with Crippen molar-refractivity contribution < 1.29 is 9.53 Å². The molecule has 0 fully saturated rings. The van der Waals surface area contributed by atoms with E-state index in [1.54, 1.807) is 42.5 Å². The highest BCUT2D eigenvalue weighted by atomic mass is 16.5. The molecule has 132 valence electrons. The lowest BCUT2D eigenvalue weighted by atomic mass is 10.1. The lowest BCUT2D eigenvalue weighted by Crippen LogP contribution is -2.15. The Morgan fingerprint density at radius 2 is 1.56 bits per heavy atom. The monoisotopic (exact) mass is 357 g/mol. The highest BCUT2D eigenvalue weighted by Gasteiger charge is 2.13. The molecule has 7 heteroatoms. The number of amides is 1. The van der Waals surface area contributed by atoms with Crippen molar-refractivity contribution >= 4 is 11.6 Å². The highest BCUT2D eigenvalue weighted by Crippen LogP contribution is 2.23. The van der Waals surface area contributed by atoms with E-state index in [2.05, 4.69) is 20.8 Å². The minimum absolute atomic E-state index is 0.252. The molecule has 27 heavy (non-hydrogen) atoms. The van der Waals surface area contributed by atoms with Crippen LogP contribution in [0.15, 0.2) is 85.2 Å². The molecule has 1 amide bonds. The van der Waals surface area contributed by atoms with Gasteiger partial charge < -0.3 is 10.1 Å². The summed E-state index contributed by atoms with van der Waals surface area (Å²) in [7, 11) is 0. The quantitative estimate of drug-likeness (QED) is 0.589. The molecule has 0 aliphatic heterocycles. The molecule has 0 atom stereocenters. The summed E-state index contributed by atoms with van der Waals surface area (Å²) in [5.41, 5.74) is 1.73. The zero-order chi connectivity index (χ0) is 18.5. The van der Waals surface area contributed by atoms with Gasteiger partial charge in [-0.3, -0.25) is 4.79 Å². The minimum atomic E-state index is -0.252. The fourth-order valence-electron chi connectivity index (χ4n) is 2.57. The first-order valence-corrected chi connectivity index (χ1v) is 8.26. The van der Waals surface area contributed by atoms with Crippen molar-refractivity contribution in [2.45, 2.75) is 0 Å². The first-order valence-electron chi connectivity index (χ1n) is 8.26. The van der Waals surface area contributed by atoms with Crippen molar-refractivity contribution in [3.8, 4) is 17.2 Å². The Morgan fingerprint density at radius 1 is 0.852 bits per heavy atom. The Morgan fingerprint density at radius 3 is 2.30 bits per heavy atom. The summed E-state index contributed by atoms with van der Waals surface area (Å²) < 4.78 is 7.20. The third kappa shape index (κ3) is 3.82. The zero-order valence-electron chi connectivity index (χ0n) is 14.2. The van der Waals surface area contributed by atoms with Crippen LogP contribution >= 0.6 is 0 Å². The fourth-order valence-corrected chi connectivity index (χ4v) is 2.57. The van der Waals surface area contributed by atoms with E-state index in [1.165, 1.54) is 11.0 Å². The number of rotatable bonds is 5. The van der Waals surface area contributed by atoms with E-state index < -0.39 is 0 Å².